The fourth-order valence-electron chi connectivity index (χ4n) is 5.63. The van der Waals surface area contributed by atoms with Gasteiger partial charge in [-0.25, -0.2) is 9.97 Å². The minimum absolute atomic E-state index is 0.122. The first kappa shape index (κ1) is 27.1. The molecular weight excluding hydrogens is 528 g/mol. The third-order valence-electron chi connectivity index (χ3n) is 7.74. The predicted octanol–water partition coefficient (Wildman–Crippen LogP) is 7.46. The van der Waals surface area contributed by atoms with Gasteiger partial charge in [-0.3, -0.25) is 14.8 Å². The zero-order valence-corrected chi connectivity index (χ0v) is 25.1. The summed E-state index contributed by atoms with van der Waals surface area (Å²) in [6.45, 7) is 13.3. The second-order valence-electron chi connectivity index (χ2n) is 11.5. The summed E-state index contributed by atoms with van der Waals surface area (Å²) in [6.07, 6.45) is 2.84. The van der Waals surface area contributed by atoms with Crippen LogP contribution in [0, 0.1) is 12.8 Å². The molecule has 1 aliphatic rings. The molecule has 0 fully saturated rings. The molecule has 0 spiro atoms. The maximum atomic E-state index is 13.5. The first-order valence-corrected chi connectivity index (χ1v) is 15.2. The summed E-state index contributed by atoms with van der Waals surface area (Å²) < 4.78 is 3.16. The average Bonchev–Trinajstić information content (AvgIpc) is 3.54. The Kier molecular flexibility index (Phi) is 7.34. The lowest BCUT2D eigenvalue weighted by Crippen LogP contribution is -2.33. The van der Waals surface area contributed by atoms with Gasteiger partial charge in [0.2, 0.25) is 0 Å². The maximum absolute atomic E-state index is 13.5. The molecule has 0 radical (unpaired) electrons. The molecule has 7 nitrogen and oxygen atoms in total. The number of anilines is 2. The number of benzene rings is 2. The van der Waals surface area contributed by atoms with Crippen LogP contribution >= 0.6 is 11.3 Å². The Labute approximate surface area is 245 Å². The zero-order chi connectivity index (χ0) is 28.7. The Bertz CT molecular complexity index is 1700. The van der Waals surface area contributed by atoms with Gasteiger partial charge in [0, 0.05) is 42.0 Å². The summed E-state index contributed by atoms with van der Waals surface area (Å²) in [5.41, 5.74) is 8.39. The molecule has 5 aromatic rings. The van der Waals surface area contributed by atoms with Crippen molar-refractivity contribution in [3.8, 4) is 11.1 Å². The molecule has 0 saturated heterocycles. The van der Waals surface area contributed by atoms with Crippen LogP contribution in [0.15, 0.2) is 60.8 Å². The van der Waals surface area contributed by atoms with Gasteiger partial charge in [0.25, 0.3) is 5.91 Å². The Morgan fingerprint density at radius 2 is 1.83 bits per heavy atom. The second-order valence-corrected chi connectivity index (χ2v) is 12.6. The molecular formula is C33H36N6OS. The highest BCUT2D eigenvalue weighted by Crippen LogP contribution is 2.34. The van der Waals surface area contributed by atoms with Crippen molar-refractivity contribution in [3.05, 3.63) is 88.9 Å². The maximum Gasteiger partial charge on any atom is 0.257 e. The van der Waals surface area contributed by atoms with Crippen molar-refractivity contribution in [3.63, 3.8) is 0 Å². The fraction of sp³-hybridized carbons (Fsp3) is 0.333. The lowest BCUT2D eigenvalue weighted by molar-refractivity contribution is 0.102. The van der Waals surface area contributed by atoms with Crippen LogP contribution in [0.1, 0.15) is 66.5 Å². The smallest absolute Gasteiger partial charge is 0.257 e. The van der Waals surface area contributed by atoms with E-state index in [0.29, 0.717) is 23.2 Å². The number of para-hydroxylation sites is 1. The topological polar surface area (TPSA) is 75.9 Å². The van der Waals surface area contributed by atoms with Crippen molar-refractivity contribution in [2.24, 2.45) is 5.92 Å². The molecule has 2 aromatic carbocycles. The van der Waals surface area contributed by atoms with Crippen LogP contribution in [0.4, 0.5) is 10.9 Å². The normalized spacial score (nSPS) is 13.3. The van der Waals surface area contributed by atoms with E-state index >= 15 is 0 Å². The first-order chi connectivity index (χ1) is 19.8. The minimum Gasteiger partial charge on any atom is -0.352 e. The number of amides is 1. The summed E-state index contributed by atoms with van der Waals surface area (Å²) in [5.74, 6) is 1.60. The Balaban J connectivity index is 1.28. The molecule has 0 unspecified atom stereocenters. The van der Waals surface area contributed by atoms with Crippen LogP contribution in [-0.4, -0.2) is 32.2 Å². The number of aromatic nitrogens is 4. The number of carbonyl (C=O) groups is 1. The van der Waals surface area contributed by atoms with E-state index in [2.05, 4.69) is 77.8 Å². The largest absolute Gasteiger partial charge is 0.352 e. The van der Waals surface area contributed by atoms with Crippen molar-refractivity contribution < 1.29 is 4.79 Å². The van der Waals surface area contributed by atoms with Crippen LogP contribution in [0.3, 0.4) is 0 Å². The molecule has 6 rings (SSSR count). The van der Waals surface area contributed by atoms with Crippen LogP contribution < -0.4 is 10.2 Å². The van der Waals surface area contributed by atoms with E-state index in [-0.39, 0.29) is 11.8 Å². The number of carbonyl (C=O) groups excluding carboxylic acids is 1. The van der Waals surface area contributed by atoms with Crippen LogP contribution in [-0.2, 0) is 19.5 Å². The van der Waals surface area contributed by atoms with Crippen LogP contribution in [0.5, 0.6) is 0 Å². The lowest BCUT2D eigenvalue weighted by atomic mass is 9.94. The van der Waals surface area contributed by atoms with Crippen molar-refractivity contribution >= 4 is 38.4 Å². The van der Waals surface area contributed by atoms with Gasteiger partial charge in [0.05, 0.1) is 22.1 Å². The number of pyridine rings is 1. The van der Waals surface area contributed by atoms with E-state index in [1.54, 1.807) is 0 Å². The van der Waals surface area contributed by atoms with Crippen LogP contribution in [0.25, 0.3) is 21.3 Å². The molecule has 1 amide bonds. The zero-order valence-electron chi connectivity index (χ0n) is 24.3. The van der Waals surface area contributed by atoms with E-state index in [1.807, 2.05) is 42.6 Å². The molecule has 3 aromatic heterocycles. The van der Waals surface area contributed by atoms with E-state index in [0.717, 1.165) is 57.9 Å². The number of hydrogen-bond acceptors (Lipinski definition) is 6. The fourth-order valence-corrected chi connectivity index (χ4v) is 6.49. The van der Waals surface area contributed by atoms with Crippen molar-refractivity contribution in [2.45, 2.75) is 60.0 Å². The van der Waals surface area contributed by atoms with Gasteiger partial charge in [-0.1, -0.05) is 63.3 Å². The van der Waals surface area contributed by atoms with Gasteiger partial charge in [-0.05, 0) is 66.6 Å². The van der Waals surface area contributed by atoms with Gasteiger partial charge in [0.15, 0.2) is 5.13 Å². The van der Waals surface area contributed by atoms with Crippen molar-refractivity contribution in [1.82, 2.24) is 19.7 Å². The van der Waals surface area contributed by atoms with Crippen molar-refractivity contribution in [2.75, 3.05) is 16.8 Å². The molecule has 1 N–H and O–H groups in total. The third-order valence-corrected chi connectivity index (χ3v) is 8.70. The monoisotopic (exact) mass is 564 g/mol. The number of rotatable bonds is 7. The summed E-state index contributed by atoms with van der Waals surface area (Å²) in [6, 6.07) is 18.3. The van der Waals surface area contributed by atoms with Gasteiger partial charge in [-0.15, -0.1) is 0 Å². The van der Waals surface area contributed by atoms with Crippen molar-refractivity contribution in [1.29, 1.82) is 0 Å². The van der Waals surface area contributed by atoms with E-state index in [9.17, 15) is 4.79 Å². The Morgan fingerprint density at radius 3 is 2.61 bits per heavy atom. The molecule has 41 heavy (non-hydrogen) atoms. The molecule has 0 aliphatic carbocycles. The predicted molar refractivity (Wildman–Crippen MR) is 168 cm³/mol. The lowest BCUT2D eigenvalue weighted by Gasteiger charge is -2.31. The molecule has 0 atom stereocenters. The second kappa shape index (κ2) is 11.1. The first-order valence-electron chi connectivity index (χ1n) is 14.3. The SMILES string of the molecule is Cc1c(-c2ccc(N3CCc4cccc(C(=O)Nc5nc6ccccc6s5)c4C3)nc2C(C)C)cnn1CC(C)C. The van der Waals surface area contributed by atoms with Crippen LogP contribution in [0.2, 0.25) is 0 Å². The summed E-state index contributed by atoms with van der Waals surface area (Å²) >= 11 is 1.49. The highest BCUT2D eigenvalue weighted by molar-refractivity contribution is 7.22. The standard InChI is InChI=1S/C33H36N6OS/c1-20(2)18-39-22(5)26(17-34-39)24-13-14-30(36-31(24)21(3)4)38-16-15-23-9-8-10-25(27(23)19-38)32(40)37-33-35-28-11-6-7-12-29(28)41-33/h6-14,17,20-21H,15-16,18-19H2,1-5H3,(H,35,37,40). The molecule has 0 bridgehead atoms. The van der Waals surface area contributed by atoms with Gasteiger partial charge >= 0.3 is 0 Å². The molecule has 8 heteroatoms. The van der Waals surface area contributed by atoms with E-state index < -0.39 is 0 Å². The summed E-state index contributed by atoms with van der Waals surface area (Å²) in [7, 11) is 0. The molecule has 210 valence electrons. The van der Waals surface area contributed by atoms with Gasteiger partial charge < -0.3 is 4.90 Å². The molecule has 0 saturated carbocycles. The highest BCUT2D eigenvalue weighted by Gasteiger charge is 2.25. The summed E-state index contributed by atoms with van der Waals surface area (Å²) in [4.78, 5) is 25.6. The number of nitrogens with zero attached hydrogens (tertiary/aromatic N) is 5. The number of thiazole rings is 1. The Morgan fingerprint density at radius 1 is 1.00 bits per heavy atom. The quantitative estimate of drug-likeness (QED) is 0.222. The average molecular weight is 565 g/mol. The molecule has 4 heterocycles. The summed E-state index contributed by atoms with van der Waals surface area (Å²) in [5, 5.41) is 8.34. The number of fused-ring (bicyclic) bond motifs is 2. The molecule has 1 aliphatic heterocycles. The Hall–Kier alpha value is -4.04. The van der Waals surface area contributed by atoms with Gasteiger partial charge in [-0.2, -0.15) is 5.10 Å². The third kappa shape index (κ3) is 5.36. The van der Waals surface area contributed by atoms with E-state index in [4.69, 9.17) is 4.98 Å². The van der Waals surface area contributed by atoms with Gasteiger partial charge in [0.1, 0.15) is 5.82 Å². The number of hydrogen-bond donors (Lipinski definition) is 1. The number of nitrogens with one attached hydrogen (secondary N) is 1. The highest BCUT2D eigenvalue weighted by atomic mass is 32.1. The minimum atomic E-state index is -0.122. The van der Waals surface area contributed by atoms with E-state index in [1.165, 1.54) is 22.6 Å².